The summed E-state index contributed by atoms with van der Waals surface area (Å²) < 4.78 is 0. The van der Waals surface area contributed by atoms with E-state index in [9.17, 15) is 4.79 Å². The first kappa shape index (κ1) is 9.34. The Morgan fingerprint density at radius 3 is 2.93 bits per heavy atom. The Morgan fingerprint density at radius 2 is 2.21 bits per heavy atom. The summed E-state index contributed by atoms with van der Waals surface area (Å²) in [5.74, 6) is 0.00210. The molecule has 0 saturated heterocycles. The largest absolute Gasteiger partial charge is 0.360 e. The van der Waals surface area contributed by atoms with Crippen LogP contribution in [-0.4, -0.2) is 19.0 Å². The van der Waals surface area contributed by atoms with Crippen LogP contribution in [0.15, 0.2) is 18.2 Å². The highest BCUT2D eigenvalue weighted by molar-refractivity contribution is 6.34. The Bertz CT molecular complexity index is 392. The van der Waals surface area contributed by atoms with Crippen LogP contribution in [-0.2, 0) is 4.79 Å². The predicted molar refractivity (Wildman–Crippen MR) is 57.9 cm³/mol. The van der Waals surface area contributed by atoms with Crippen LogP contribution < -0.4 is 10.2 Å². The molecule has 1 aliphatic rings. The van der Waals surface area contributed by atoms with E-state index in [0.29, 0.717) is 5.02 Å². The Morgan fingerprint density at radius 1 is 1.50 bits per heavy atom. The number of nitrogens with one attached hydrogen (secondary N) is 1. The molecule has 0 spiro atoms. The molecular formula is C10H11ClN2O. The zero-order valence-corrected chi connectivity index (χ0v) is 8.80. The number of nitrogens with zero attached hydrogens (tertiary/aromatic N) is 1. The molecule has 0 bridgehead atoms. The zero-order valence-electron chi connectivity index (χ0n) is 8.04. The van der Waals surface area contributed by atoms with Crippen LogP contribution in [0.5, 0.6) is 0 Å². The normalized spacial score (nSPS) is 20.4. The molecule has 1 aromatic rings. The minimum Gasteiger partial charge on any atom is -0.360 e. The molecule has 0 aromatic heterocycles. The van der Waals surface area contributed by atoms with E-state index in [-0.39, 0.29) is 11.9 Å². The maximum atomic E-state index is 11.5. The van der Waals surface area contributed by atoms with Crippen molar-refractivity contribution in [3.63, 3.8) is 0 Å². The summed E-state index contributed by atoms with van der Waals surface area (Å²) in [6.07, 6.45) is 0. The summed E-state index contributed by atoms with van der Waals surface area (Å²) in [5, 5.41) is 3.48. The number of hydrogen-bond donors (Lipinski definition) is 1. The fraction of sp³-hybridized carbons (Fsp3) is 0.300. The summed E-state index contributed by atoms with van der Waals surface area (Å²) in [6, 6.07) is 5.32. The van der Waals surface area contributed by atoms with E-state index in [0.717, 1.165) is 11.4 Å². The Labute approximate surface area is 87.7 Å². The lowest BCUT2D eigenvalue weighted by Crippen LogP contribution is -2.43. The third kappa shape index (κ3) is 1.24. The van der Waals surface area contributed by atoms with E-state index >= 15 is 0 Å². The number of anilines is 2. The van der Waals surface area contributed by atoms with Gasteiger partial charge in [-0.05, 0) is 19.1 Å². The van der Waals surface area contributed by atoms with E-state index in [1.54, 1.807) is 0 Å². The van der Waals surface area contributed by atoms with E-state index in [1.165, 1.54) is 0 Å². The number of carbonyl (C=O) groups is 1. The smallest absolute Gasteiger partial charge is 0.246 e. The van der Waals surface area contributed by atoms with Crippen molar-refractivity contribution in [2.24, 2.45) is 0 Å². The van der Waals surface area contributed by atoms with Crippen LogP contribution in [0.25, 0.3) is 0 Å². The van der Waals surface area contributed by atoms with Crippen LogP contribution in [0.3, 0.4) is 0 Å². The number of benzene rings is 1. The lowest BCUT2D eigenvalue weighted by Gasteiger charge is -2.33. The van der Waals surface area contributed by atoms with E-state index in [1.807, 2.05) is 37.1 Å². The van der Waals surface area contributed by atoms with Gasteiger partial charge in [0.25, 0.3) is 0 Å². The molecular weight excluding hydrogens is 200 g/mol. The van der Waals surface area contributed by atoms with Crippen LogP contribution in [0.2, 0.25) is 5.02 Å². The second-order valence-corrected chi connectivity index (χ2v) is 3.82. The van der Waals surface area contributed by atoms with Gasteiger partial charge in [0.15, 0.2) is 0 Å². The van der Waals surface area contributed by atoms with Crippen LogP contribution >= 0.6 is 11.6 Å². The molecule has 74 valence electrons. The van der Waals surface area contributed by atoms with Crippen molar-refractivity contribution in [2.75, 3.05) is 17.3 Å². The summed E-state index contributed by atoms with van der Waals surface area (Å²) >= 11 is 6.06. The van der Waals surface area contributed by atoms with E-state index in [4.69, 9.17) is 11.6 Å². The second-order valence-electron chi connectivity index (χ2n) is 3.41. The minimum atomic E-state index is -0.178. The first-order valence-electron chi connectivity index (χ1n) is 4.43. The molecule has 1 aliphatic heterocycles. The van der Waals surface area contributed by atoms with Crippen molar-refractivity contribution < 1.29 is 4.79 Å². The molecule has 1 atom stereocenters. The van der Waals surface area contributed by atoms with Crippen molar-refractivity contribution in [3.8, 4) is 0 Å². The van der Waals surface area contributed by atoms with Gasteiger partial charge in [-0.15, -0.1) is 0 Å². The van der Waals surface area contributed by atoms with Gasteiger partial charge in [0, 0.05) is 7.05 Å². The maximum absolute atomic E-state index is 11.5. The molecule has 1 heterocycles. The SMILES string of the molecule is CC1C(=O)Nc2cccc(Cl)c2N1C. The van der Waals surface area contributed by atoms with Gasteiger partial charge in [-0.3, -0.25) is 4.79 Å². The van der Waals surface area contributed by atoms with Crippen molar-refractivity contribution in [1.82, 2.24) is 0 Å². The molecule has 0 saturated carbocycles. The Kier molecular flexibility index (Phi) is 2.11. The van der Waals surface area contributed by atoms with Crippen LogP contribution in [0, 0.1) is 0 Å². The van der Waals surface area contributed by atoms with Crippen molar-refractivity contribution in [3.05, 3.63) is 23.2 Å². The molecule has 14 heavy (non-hydrogen) atoms. The topological polar surface area (TPSA) is 32.3 Å². The predicted octanol–water partition coefficient (Wildman–Crippen LogP) is 2.12. The lowest BCUT2D eigenvalue weighted by atomic mass is 10.1. The second kappa shape index (κ2) is 3.17. The molecule has 0 radical (unpaired) electrons. The van der Waals surface area contributed by atoms with Gasteiger partial charge in [-0.2, -0.15) is 0 Å². The van der Waals surface area contributed by atoms with Gasteiger partial charge < -0.3 is 10.2 Å². The van der Waals surface area contributed by atoms with Gasteiger partial charge in [-0.25, -0.2) is 0 Å². The number of hydrogen-bond acceptors (Lipinski definition) is 2. The number of likely N-dealkylation sites (N-methyl/N-ethyl adjacent to an activating group) is 1. The number of fused-ring (bicyclic) bond motifs is 1. The number of amides is 1. The third-order valence-corrected chi connectivity index (χ3v) is 2.86. The Balaban J connectivity index is 2.56. The first-order valence-corrected chi connectivity index (χ1v) is 4.81. The number of para-hydroxylation sites is 1. The molecule has 3 nitrogen and oxygen atoms in total. The minimum absolute atomic E-state index is 0.00210. The van der Waals surface area contributed by atoms with Crippen molar-refractivity contribution in [1.29, 1.82) is 0 Å². The molecule has 4 heteroatoms. The van der Waals surface area contributed by atoms with Gasteiger partial charge in [0.2, 0.25) is 5.91 Å². The highest BCUT2D eigenvalue weighted by atomic mass is 35.5. The summed E-state index contributed by atoms with van der Waals surface area (Å²) in [6.45, 7) is 1.85. The van der Waals surface area contributed by atoms with Crippen molar-refractivity contribution >= 4 is 28.9 Å². The average Bonchev–Trinajstić information content (AvgIpc) is 2.14. The maximum Gasteiger partial charge on any atom is 0.246 e. The number of halogens is 1. The van der Waals surface area contributed by atoms with Gasteiger partial charge in [0.05, 0.1) is 16.4 Å². The summed E-state index contributed by atoms with van der Waals surface area (Å²) in [5.41, 5.74) is 1.67. The zero-order chi connectivity index (χ0) is 10.3. The molecule has 1 N–H and O–H groups in total. The highest BCUT2D eigenvalue weighted by Gasteiger charge is 2.27. The van der Waals surface area contributed by atoms with Crippen LogP contribution in [0.4, 0.5) is 11.4 Å². The average molecular weight is 211 g/mol. The van der Waals surface area contributed by atoms with E-state index < -0.39 is 0 Å². The molecule has 1 amide bonds. The van der Waals surface area contributed by atoms with Gasteiger partial charge in [-0.1, -0.05) is 17.7 Å². The molecule has 1 aromatic carbocycles. The highest BCUT2D eigenvalue weighted by Crippen LogP contribution is 2.36. The molecule has 2 rings (SSSR count). The van der Waals surface area contributed by atoms with Gasteiger partial charge in [0.1, 0.15) is 6.04 Å². The fourth-order valence-electron chi connectivity index (χ4n) is 1.58. The molecule has 1 unspecified atom stereocenters. The first-order chi connectivity index (χ1) is 6.61. The summed E-state index contributed by atoms with van der Waals surface area (Å²) in [4.78, 5) is 13.4. The Hall–Kier alpha value is -1.22. The third-order valence-electron chi connectivity index (χ3n) is 2.56. The van der Waals surface area contributed by atoms with Gasteiger partial charge >= 0.3 is 0 Å². The lowest BCUT2D eigenvalue weighted by molar-refractivity contribution is -0.117. The number of carbonyl (C=O) groups excluding carboxylic acids is 1. The molecule has 0 fully saturated rings. The molecule has 0 aliphatic carbocycles. The summed E-state index contributed by atoms with van der Waals surface area (Å²) in [7, 11) is 1.87. The van der Waals surface area contributed by atoms with Crippen LogP contribution in [0.1, 0.15) is 6.92 Å². The quantitative estimate of drug-likeness (QED) is 0.712. The van der Waals surface area contributed by atoms with E-state index in [2.05, 4.69) is 5.32 Å². The fourth-order valence-corrected chi connectivity index (χ4v) is 1.89. The van der Waals surface area contributed by atoms with Crippen molar-refractivity contribution in [2.45, 2.75) is 13.0 Å². The monoisotopic (exact) mass is 210 g/mol. The number of rotatable bonds is 0. The standard InChI is InChI=1S/C10H11ClN2O/c1-6-10(14)12-8-5-3-4-7(11)9(8)13(6)2/h3-6H,1-2H3,(H,12,14).